The van der Waals surface area contributed by atoms with Gasteiger partial charge in [-0.3, -0.25) is 0 Å². The van der Waals surface area contributed by atoms with Crippen molar-refractivity contribution >= 4 is 17.3 Å². The number of nitrogen functional groups attached to an aromatic ring is 1. The first-order valence-corrected chi connectivity index (χ1v) is 7.12. The highest BCUT2D eigenvalue weighted by Gasteiger charge is 2.13. The van der Waals surface area contributed by atoms with Crippen LogP contribution in [0, 0.1) is 0 Å². The standard InChI is InChI=1S/C14H19ClN4O/c1-3-19(4-2)9-8-12-17-14(20-18-12)10-6-5-7-11(15)13(10)16/h5-7H,3-4,8-9,16H2,1-2H3. The molecule has 1 heterocycles. The third-order valence-electron chi connectivity index (χ3n) is 3.30. The van der Waals surface area contributed by atoms with Crippen LogP contribution in [0.3, 0.4) is 0 Å². The van der Waals surface area contributed by atoms with Crippen LogP contribution in [0.1, 0.15) is 19.7 Å². The van der Waals surface area contributed by atoms with Crippen LogP contribution < -0.4 is 5.73 Å². The lowest BCUT2D eigenvalue weighted by Crippen LogP contribution is -2.25. The lowest BCUT2D eigenvalue weighted by molar-refractivity contribution is 0.303. The average Bonchev–Trinajstić information content (AvgIpc) is 2.92. The van der Waals surface area contributed by atoms with E-state index < -0.39 is 0 Å². The van der Waals surface area contributed by atoms with Gasteiger partial charge in [0, 0.05) is 13.0 Å². The maximum atomic E-state index is 5.99. The zero-order chi connectivity index (χ0) is 14.5. The second-order valence-electron chi connectivity index (χ2n) is 4.49. The fourth-order valence-electron chi connectivity index (χ4n) is 1.99. The number of hydrogen-bond donors (Lipinski definition) is 1. The summed E-state index contributed by atoms with van der Waals surface area (Å²) in [6, 6.07) is 5.37. The summed E-state index contributed by atoms with van der Waals surface area (Å²) in [6.07, 6.45) is 0.756. The first-order valence-electron chi connectivity index (χ1n) is 6.75. The maximum absolute atomic E-state index is 5.99. The SMILES string of the molecule is CCN(CC)CCc1noc(-c2cccc(Cl)c2N)n1. The van der Waals surface area contributed by atoms with Gasteiger partial charge < -0.3 is 15.2 Å². The molecule has 0 aliphatic heterocycles. The molecule has 6 heteroatoms. The molecule has 2 N–H and O–H groups in total. The van der Waals surface area contributed by atoms with Gasteiger partial charge in [-0.25, -0.2) is 0 Å². The fourth-order valence-corrected chi connectivity index (χ4v) is 2.16. The lowest BCUT2D eigenvalue weighted by Gasteiger charge is -2.16. The first-order chi connectivity index (χ1) is 9.65. The van der Waals surface area contributed by atoms with Crippen molar-refractivity contribution in [2.45, 2.75) is 20.3 Å². The van der Waals surface area contributed by atoms with Crippen LogP contribution >= 0.6 is 11.6 Å². The average molecular weight is 295 g/mol. The number of para-hydroxylation sites is 1. The molecule has 20 heavy (non-hydrogen) atoms. The first kappa shape index (κ1) is 14.8. The summed E-state index contributed by atoms with van der Waals surface area (Å²) in [6.45, 7) is 7.22. The van der Waals surface area contributed by atoms with Gasteiger partial charge in [0.15, 0.2) is 5.82 Å². The molecule has 0 bridgehead atoms. The van der Waals surface area contributed by atoms with Gasteiger partial charge in [-0.05, 0) is 25.2 Å². The van der Waals surface area contributed by atoms with Gasteiger partial charge in [0.2, 0.25) is 0 Å². The summed E-state index contributed by atoms with van der Waals surface area (Å²) in [5.41, 5.74) is 7.07. The predicted octanol–water partition coefficient (Wildman–Crippen LogP) is 2.86. The Hall–Kier alpha value is -1.59. The van der Waals surface area contributed by atoms with Crippen LogP contribution in [0.5, 0.6) is 0 Å². The van der Waals surface area contributed by atoms with Crippen LogP contribution in [0.4, 0.5) is 5.69 Å². The van der Waals surface area contributed by atoms with E-state index in [1.165, 1.54) is 0 Å². The molecular formula is C14H19ClN4O. The molecule has 1 aromatic heterocycles. The van der Waals surface area contributed by atoms with E-state index in [-0.39, 0.29) is 0 Å². The lowest BCUT2D eigenvalue weighted by atomic mass is 10.2. The summed E-state index contributed by atoms with van der Waals surface area (Å²) in [5, 5.41) is 4.48. The predicted molar refractivity (Wildman–Crippen MR) is 80.6 cm³/mol. The van der Waals surface area contributed by atoms with Crippen molar-refractivity contribution in [2.75, 3.05) is 25.4 Å². The van der Waals surface area contributed by atoms with Gasteiger partial charge in [0.25, 0.3) is 5.89 Å². The molecule has 5 nitrogen and oxygen atoms in total. The smallest absolute Gasteiger partial charge is 0.260 e. The van der Waals surface area contributed by atoms with Gasteiger partial charge in [-0.15, -0.1) is 0 Å². The minimum absolute atomic E-state index is 0.416. The molecule has 0 saturated carbocycles. The van der Waals surface area contributed by atoms with E-state index in [1.54, 1.807) is 6.07 Å². The van der Waals surface area contributed by atoms with E-state index in [2.05, 4.69) is 28.9 Å². The second-order valence-corrected chi connectivity index (χ2v) is 4.90. The molecule has 0 spiro atoms. The van der Waals surface area contributed by atoms with Crippen molar-refractivity contribution in [1.82, 2.24) is 15.0 Å². The van der Waals surface area contributed by atoms with E-state index in [0.29, 0.717) is 28.0 Å². The molecule has 0 aliphatic rings. The van der Waals surface area contributed by atoms with Gasteiger partial charge >= 0.3 is 0 Å². The Balaban J connectivity index is 2.11. The van der Waals surface area contributed by atoms with Crippen LogP contribution in [-0.4, -0.2) is 34.7 Å². The Morgan fingerprint density at radius 3 is 2.75 bits per heavy atom. The largest absolute Gasteiger partial charge is 0.397 e. The van der Waals surface area contributed by atoms with Crippen molar-refractivity contribution in [3.05, 3.63) is 29.0 Å². The van der Waals surface area contributed by atoms with Crippen molar-refractivity contribution in [3.63, 3.8) is 0 Å². The van der Waals surface area contributed by atoms with Gasteiger partial charge in [0.05, 0.1) is 16.3 Å². The summed E-state index contributed by atoms with van der Waals surface area (Å²) >= 11 is 5.99. The van der Waals surface area contributed by atoms with Crippen LogP contribution in [0.15, 0.2) is 22.7 Å². The Bertz CT molecular complexity index is 566. The fraction of sp³-hybridized carbons (Fsp3) is 0.429. The van der Waals surface area contributed by atoms with E-state index in [9.17, 15) is 0 Å². The molecule has 0 radical (unpaired) electrons. The van der Waals surface area contributed by atoms with Crippen molar-refractivity contribution < 1.29 is 4.52 Å². The summed E-state index contributed by atoms with van der Waals surface area (Å²) in [4.78, 5) is 6.69. The Kier molecular flexibility index (Phi) is 4.98. The number of halogens is 1. The summed E-state index contributed by atoms with van der Waals surface area (Å²) in [7, 11) is 0. The number of likely N-dealkylation sites (N-methyl/N-ethyl adjacent to an activating group) is 1. The number of anilines is 1. The van der Waals surface area contributed by atoms with E-state index >= 15 is 0 Å². The molecular weight excluding hydrogens is 276 g/mol. The molecule has 0 fully saturated rings. The minimum Gasteiger partial charge on any atom is -0.397 e. The Morgan fingerprint density at radius 1 is 1.30 bits per heavy atom. The quantitative estimate of drug-likeness (QED) is 0.830. The molecule has 2 rings (SSSR count). The molecule has 108 valence electrons. The highest BCUT2D eigenvalue weighted by atomic mass is 35.5. The van der Waals surface area contributed by atoms with E-state index in [1.807, 2.05) is 12.1 Å². The third-order valence-corrected chi connectivity index (χ3v) is 3.63. The molecule has 0 saturated heterocycles. The minimum atomic E-state index is 0.416. The normalized spacial score (nSPS) is 11.2. The van der Waals surface area contributed by atoms with E-state index in [4.69, 9.17) is 21.9 Å². The third kappa shape index (κ3) is 3.29. The van der Waals surface area contributed by atoms with Crippen molar-refractivity contribution in [2.24, 2.45) is 0 Å². The number of benzene rings is 1. The van der Waals surface area contributed by atoms with Gasteiger partial charge in [0.1, 0.15) is 0 Å². The van der Waals surface area contributed by atoms with Gasteiger partial charge in [-0.2, -0.15) is 4.98 Å². The van der Waals surface area contributed by atoms with Crippen LogP contribution in [-0.2, 0) is 6.42 Å². The molecule has 0 aliphatic carbocycles. The highest BCUT2D eigenvalue weighted by Crippen LogP contribution is 2.30. The second kappa shape index (κ2) is 6.72. The number of nitrogens with two attached hydrogens (primary N) is 1. The van der Waals surface area contributed by atoms with Gasteiger partial charge in [-0.1, -0.05) is 36.7 Å². The number of rotatable bonds is 6. The number of aromatic nitrogens is 2. The molecule has 1 aromatic carbocycles. The Morgan fingerprint density at radius 2 is 2.05 bits per heavy atom. The van der Waals surface area contributed by atoms with E-state index in [0.717, 1.165) is 26.1 Å². The Labute approximate surface area is 123 Å². The summed E-state index contributed by atoms with van der Waals surface area (Å²) in [5.74, 6) is 1.10. The highest BCUT2D eigenvalue weighted by molar-refractivity contribution is 6.33. The van der Waals surface area contributed by atoms with Crippen LogP contribution in [0.2, 0.25) is 5.02 Å². The number of hydrogen-bond acceptors (Lipinski definition) is 5. The molecule has 0 amide bonds. The number of nitrogens with zero attached hydrogens (tertiary/aromatic N) is 3. The monoisotopic (exact) mass is 294 g/mol. The summed E-state index contributed by atoms with van der Waals surface area (Å²) < 4.78 is 5.27. The maximum Gasteiger partial charge on any atom is 0.260 e. The van der Waals surface area contributed by atoms with Crippen LogP contribution in [0.25, 0.3) is 11.5 Å². The molecule has 2 aromatic rings. The zero-order valence-corrected chi connectivity index (χ0v) is 12.5. The topological polar surface area (TPSA) is 68.2 Å². The zero-order valence-electron chi connectivity index (χ0n) is 11.8. The van der Waals surface area contributed by atoms with Crippen molar-refractivity contribution in [3.8, 4) is 11.5 Å². The molecule has 0 unspecified atom stereocenters. The molecule has 0 atom stereocenters. The van der Waals surface area contributed by atoms with Crippen molar-refractivity contribution in [1.29, 1.82) is 0 Å².